The lowest BCUT2D eigenvalue weighted by Crippen LogP contribution is -2.34. The average Bonchev–Trinajstić information content (AvgIpc) is 2.96. The Morgan fingerprint density at radius 1 is 1.30 bits per heavy atom. The van der Waals surface area contributed by atoms with Crippen molar-refractivity contribution in [2.45, 2.75) is 46.1 Å². The SMILES string of the molecule is Cc1ccc(Cc2cnc(NC(=O)CCNC(=O)OC(C)(C)C)s2)cc1F. The van der Waals surface area contributed by atoms with Crippen LogP contribution >= 0.6 is 11.3 Å². The van der Waals surface area contributed by atoms with Gasteiger partial charge < -0.3 is 15.4 Å². The van der Waals surface area contributed by atoms with Crippen molar-refractivity contribution in [3.8, 4) is 0 Å². The molecular weight excluding hydrogens is 369 g/mol. The summed E-state index contributed by atoms with van der Waals surface area (Å²) in [7, 11) is 0. The first-order valence-electron chi connectivity index (χ1n) is 8.59. The van der Waals surface area contributed by atoms with Gasteiger partial charge in [-0.05, 0) is 44.9 Å². The lowest BCUT2D eigenvalue weighted by atomic mass is 10.1. The van der Waals surface area contributed by atoms with Crippen molar-refractivity contribution in [2.24, 2.45) is 0 Å². The molecule has 0 unspecified atom stereocenters. The lowest BCUT2D eigenvalue weighted by Gasteiger charge is -2.19. The van der Waals surface area contributed by atoms with Gasteiger partial charge >= 0.3 is 6.09 Å². The van der Waals surface area contributed by atoms with Gasteiger partial charge in [-0.1, -0.05) is 12.1 Å². The number of carbonyl (C=O) groups is 2. The normalized spacial score (nSPS) is 11.1. The highest BCUT2D eigenvalue weighted by molar-refractivity contribution is 7.15. The molecule has 8 heteroatoms. The molecule has 1 aromatic heterocycles. The van der Waals surface area contributed by atoms with E-state index in [-0.39, 0.29) is 24.7 Å². The Hall–Kier alpha value is -2.48. The van der Waals surface area contributed by atoms with Crippen LogP contribution in [0, 0.1) is 12.7 Å². The summed E-state index contributed by atoms with van der Waals surface area (Å²) in [6.07, 6.45) is 1.76. The minimum Gasteiger partial charge on any atom is -0.444 e. The summed E-state index contributed by atoms with van der Waals surface area (Å²) in [6, 6.07) is 5.13. The van der Waals surface area contributed by atoms with Gasteiger partial charge in [0.25, 0.3) is 0 Å². The lowest BCUT2D eigenvalue weighted by molar-refractivity contribution is -0.116. The van der Waals surface area contributed by atoms with Gasteiger partial charge in [0.2, 0.25) is 5.91 Å². The van der Waals surface area contributed by atoms with Gasteiger partial charge in [0.1, 0.15) is 11.4 Å². The minimum absolute atomic E-state index is 0.108. The predicted molar refractivity (Wildman–Crippen MR) is 104 cm³/mol. The summed E-state index contributed by atoms with van der Waals surface area (Å²) in [5, 5.41) is 5.69. The van der Waals surface area contributed by atoms with E-state index >= 15 is 0 Å². The number of aromatic nitrogens is 1. The third-order valence-corrected chi connectivity index (χ3v) is 4.35. The minimum atomic E-state index is -0.579. The third-order valence-electron chi connectivity index (χ3n) is 3.43. The van der Waals surface area contributed by atoms with E-state index < -0.39 is 11.7 Å². The predicted octanol–water partition coefficient (Wildman–Crippen LogP) is 4.03. The Morgan fingerprint density at radius 2 is 2.04 bits per heavy atom. The van der Waals surface area contributed by atoms with Gasteiger partial charge in [-0.15, -0.1) is 11.3 Å². The number of aryl methyl sites for hydroxylation is 1. The Labute approximate surface area is 162 Å². The molecule has 0 aliphatic carbocycles. The summed E-state index contributed by atoms with van der Waals surface area (Å²) in [5.74, 6) is -0.489. The van der Waals surface area contributed by atoms with Crippen molar-refractivity contribution in [3.05, 3.63) is 46.2 Å². The second-order valence-electron chi connectivity index (χ2n) is 7.12. The van der Waals surface area contributed by atoms with Crippen LogP contribution in [-0.4, -0.2) is 29.1 Å². The molecule has 27 heavy (non-hydrogen) atoms. The summed E-state index contributed by atoms with van der Waals surface area (Å²) < 4.78 is 18.7. The van der Waals surface area contributed by atoms with Crippen LogP contribution in [0.15, 0.2) is 24.4 Å². The molecular formula is C19H24FN3O3S. The maximum atomic E-state index is 13.6. The molecule has 0 bridgehead atoms. The molecule has 0 spiro atoms. The molecule has 146 valence electrons. The molecule has 6 nitrogen and oxygen atoms in total. The second kappa shape index (κ2) is 8.94. The third kappa shape index (κ3) is 7.34. The van der Waals surface area contributed by atoms with Crippen LogP contribution in [0.2, 0.25) is 0 Å². The number of halogens is 1. The number of hydrogen-bond donors (Lipinski definition) is 2. The topological polar surface area (TPSA) is 80.3 Å². The number of nitrogens with zero attached hydrogens (tertiary/aromatic N) is 1. The van der Waals surface area contributed by atoms with Crippen molar-refractivity contribution < 1.29 is 18.7 Å². The van der Waals surface area contributed by atoms with Gasteiger partial charge in [-0.2, -0.15) is 0 Å². The number of carbonyl (C=O) groups excluding carboxylic acids is 2. The number of ether oxygens (including phenoxy) is 1. The highest BCUT2D eigenvalue weighted by atomic mass is 32.1. The van der Waals surface area contributed by atoms with Gasteiger partial charge in [0, 0.05) is 30.5 Å². The summed E-state index contributed by atoms with van der Waals surface area (Å²) in [5.41, 5.74) is 0.876. The highest BCUT2D eigenvalue weighted by Gasteiger charge is 2.16. The molecule has 0 radical (unpaired) electrons. The molecule has 0 aliphatic rings. The quantitative estimate of drug-likeness (QED) is 0.776. The fourth-order valence-corrected chi connectivity index (χ4v) is 3.03. The van der Waals surface area contributed by atoms with Crippen molar-refractivity contribution in [3.63, 3.8) is 0 Å². The molecule has 1 heterocycles. The molecule has 2 aromatic rings. The van der Waals surface area contributed by atoms with E-state index in [2.05, 4.69) is 15.6 Å². The second-order valence-corrected chi connectivity index (χ2v) is 8.23. The van der Waals surface area contributed by atoms with Crippen molar-refractivity contribution in [1.29, 1.82) is 0 Å². The average molecular weight is 393 g/mol. The summed E-state index contributed by atoms with van der Waals surface area (Å²) >= 11 is 1.34. The first kappa shape index (κ1) is 20.8. The van der Waals surface area contributed by atoms with E-state index in [1.54, 1.807) is 40.0 Å². The van der Waals surface area contributed by atoms with Crippen LogP contribution in [0.1, 0.15) is 43.2 Å². The van der Waals surface area contributed by atoms with Gasteiger partial charge in [0.05, 0.1) is 0 Å². The monoisotopic (exact) mass is 393 g/mol. The highest BCUT2D eigenvalue weighted by Crippen LogP contribution is 2.22. The van der Waals surface area contributed by atoms with E-state index in [0.29, 0.717) is 17.1 Å². The fourth-order valence-electron chi connectivity index (χ4n) is 2.17. The van der Waals surface area contributed by atoms with Gasteiger partial charge in [-0.25, -0.2) is 14.2 Å². The number of rotatable bonds is 6. The van der Waals surface area contributed by atoms with E-state index in [9.17, 15) is 14.0 Å². The van der Waals surface area contributed by atoms with Crippen LogP contribution in [0.5, 0.6) is 0 Å². The van der Waals surface area contributed by atoms with Crippen LogP contribution < -0.4 is 10.6 Å². The van der Waals surface area contributed by atoms with Crippen LogP contribution in [0.4, 0.5) is 14.3 Å². The van der Waals surface area contributed by atoms with Crippen molar-refractivity contribution in [1.82, 2.24) is 10.3 Å². The summed E-state index contributed by atoms with van der Waals surface area (Å²) in [4.78, 5) is 28.5. The zero-order valence-electron chi connectivity index (χ0n) is 15.9. The molecule has 0 aliphatic heterocycles. The van der Waals surface area contributed by atoms with Crippen molar-refractivity contribution in [2.75, 3.05) is 11.9 Å². The van der Waals surface area contributed by atoms with Crippen LogP contribution in [0.25, 0.3) is 0 Å². The largest absolute Gasteiger partial charge is 0.444 e. The zero-order valence-corrected chi connectivity index (χ0v) is 16.7. The molecule has 1 aromatic carbocycles. The molecule has 0 saturated carbocycles. The zero-order chi connectivity index (χ0) is 20.0. The smallest absolute Gasteiger partial charge is 0.407 e. The van der Waals surface area contributed by atoms with Crippen LogP contribution in [0.3, 0.4) is 0 Å². The number of thiazole rings is 1. The Balaban J connectivity index is 1.78. The molecule has 2 amide bonds. The van der Waals surface area contributed by atoms with Crippen LogP contribution in [-0.2, 0) is 16.0 Å². The number of anilines is 1. The summed E-state index contributed by atoms with van der Waals surface area (Å²) in [6.45, 7) is 7.19. The number of benzene rings is 1. The molecule has 0 atom stereocenters. The Morgan fingerprint density at radius 3 is 2.70 bits per heavy atom. The van der Waals surface area contributed by atoms with Gasteiger partial charge in [-0.3, -0.25) is 4.79 Å². The van der Waals surface area contributed by atoms with Crippen molar-refractivity contribution >= 4 is 28.5 Å². The van der Waals surface area contributed by atoms with E-state index in [4.69, 9.17) is 4.74 Å². The molecule has 0 saturated heterocycles. The van der Waals surface area contributed by atoms with E-state index in [1.165, 1.54) is 17.4 Å². The number of nitrogens with one attached hydrogen (secondary N) is 2. The fraction of sp³-hybridized carbons (Fsp3) is 0.421. The number of alkyl carbamates (subject to hydrolysis) is 1. The van der Waals surface area contributed by atoms with E-state index in [0.717, 1.165) is 10.4 Å². The Kier molecular flexibility index (Phi) is 6.90. The number of hydrogen-bond acceptors (Lipinski definition) is 5. The first-order valence-corrected chi connectivity index (χ1v) is 9.40. The molecule has 2 N–H and O–H groups in total. The standard InChI is InChI=1S/C19H24FN3O3S/c1-12-5-6-13(10-15(12)20)9-14-11-22-17(27-14)23-16(24)7-8-21-18(25)26-19(2,3)4/h5-6,10-11H,7-9H2,1-4H3,(H,21,25)(H,22,23,24). The molecule has 0 fully saturated rings. The number of amides is 2. The maximum Gasteiger partial charge on any atom is 0.407 e. The first-order chi connectivity index (χ1) is 12.6. The Bertz CT molecular complexity index is 815. The molecule has 2 rings (SSSR count). The maximum absolute atomic E-state index is 13.6. The van der Waals surface area contributed by atoms with Gasteiger partial charge in [0.15, 0.2) is 5.13 Å². The van der Waals surface area contributed by atoms with E-state index in [1.807, 2.05) is 6.07 Å².